The van der Waals surface area contributed by atoms with Crippen LogP contribution in [-0.4, -0.2) is 41.4 Å². The van der Waals surface area contributed by atoms with Gasteiger partial charge < -0.3 is 15.5 Å². The molecular weight excluding hydrogens is 351 g/mol. The molecule has 26 heavy (non-hydrogen) atoms. The average Bonchev–Trinajstić information content (AvgIpc) is 2.95. The van der Waals surface area contributed by atoms with E-state index < -0.39 is 18.0 Å². The molecule has 3 amide bonds. The molecule has 1 aliphatic heterocycles. The Balaban J connectivity index is 1.85. The predicted octanol–water partition coefficient (Wildman–Crippen LogP) is 2.06. The van der Waals surface area contributed by atoms with Gasteiger partial charge in [-0.1, -0.05) is 12.1 Å². The third-order valence-corrected chi connectivity index (χ3v) is 4.09. The van der Waals surface area contributed by atoms with Crippen molar-refractivity contribution in [3.63, 3.8) is 0 Å². The van der Waals surface area contributed by atoms with Crippen LogP contribution in [-0.2, 0) is 20.9 Å². The van der Waals surface area contributed by atoms with E-state index in [4.69, 9.17) is 0 Å². The number of rotatable bonds is 5. The van der Waals surface area contributed by atoms with E-state index in [2.05, 4.69) is 5.32 Å². The second-order valence-electron chi connectivity index (χ2n) is 6.41. The number of nitrogens with one attached hydrogen (secondary N) is 2. The minimum Gasteiger partial charge on any atom is -0.352 e. The molecule has 0 aromatic heterocycles. The normalized spacial score (nSPS) is 17.5. The molecule has 1 heterocycles. The van der Waals surface area contributed by atoms with Gasteiger partial charge in [0.15, 0.2) is 0 Å². The third kappa shape index (κ3) is 4.96. The summed E-state index contributed by atoms with van der Waals surface area (Å²) in [5.74, 6) is -2.74. The van der Waals surface area contributed by atoms with Crippen molar-refractivity contribution in [2.75, 3.05) is 11.9 Å². The smallest absolute Gasteiger partial charge is 0.352 e. The van der Waals surface area contributed by atoms with Crippen LogP contribution < -0.4 is 10.6 Å². The Bertz CT molecular complexity index is 687. The Labute approximate surface area is 148 Å². The van der Waals surface area contributed by atoms with Crippen molar-refractivity contribution >= 4 is 23.4 Å². The molecular formula is C17H20F3N3O3. The fourth-order valence-corrected chi connectivity index (χ4v) is 2.65. The van der Waals surface area contributed by atoms with Crippen molar-refractivity contribution in [1.29, 1.82) is 0 Å². The van der Waals surface area contributed by atoms with Gasteiger partial charge in [0.2, 0.25) is 11.8 Å². The molecule has 2 N–H and O–H groups in total. The van der Waals surface area contributed by atoms with Crippen molar-refractivity contribution in [1.82, 2.24) is 10.2 Å². The molecule has 9 heteroatoms. The van der Waals surface area contributed by atoms with Gasteiger partial charge in [-0.15, -0.1) is 0 Å². The van der Waals surface area contributed by atoms with Crippen LogP contribution in [0.15, 0.2) is 24.3 Å². The van der Waals surface area contributed by atoms with Crippen molar-refractivity contribution in [2.24, 2.45) is 5.92 Å². The Morgan fingerprint density at radius 3 is 2.35 bits per heavy atom. The molecule has 0 radical (unpaired) electrons. The Kier molecular flexibility index (Phi) is 5.89. The molecule has 1 aromatic carbocycles. The molecule has 1 saturated heterocycles. The van der Waals surface area contributed by atoms with E-state index in [9.17, 15) is 27.6 Å². The Morgan fingerprint density at radius 2 is 1.85 bits per heavy atom. The van der Waals surface area contributed by atoms with Gasteiger partial charge in [0.1, 0.15) is 0 Å². The number of hydrogen-bond donors (Lipinski definition) is 2. The molecule has 0 saturated carbocycles. The first-order valence-corrected chi connectivity index (χ1v) is 8.12. The quantitative estimate of drug-likeness (QED) is 0.832. The van der Waals surface area contributed by atoms with Gasteiger partial charge in [0.05, 0.1) is 5.92 Å². The fraction of sp³-hybridized carbons (Fsp3) is 0.471. The zero-order valence-corrected chi connectivity index (χ0v) is 14.4. The number of anilines is 1. The lowest BCUT2D eigenvalue weighted by molar-refractivity contribution is -0.167. The van der Waals surface area contributed by atoms with E-state index in [0.717, 1.165) is 0 Å². The third-order valence-electron chi connectivity index (χ3n) is 4.09. The summed E-state index contributed by atoms with van der Waals surface area (Å²) in [6, 6.07) is 5.70. The van der Waals surface area contributed by atoms with Gasteiger partial charge in [-0.3, -0.25) is 14.4 Å². The average molecular weight is 371 g/mol. The maximum absolute atomic E-state index is 12.2. The minimum absolute atomic E-state index is 0.0105. The summed E-state index contributed by atoms with van der Waals surface area (Å²) < 4.78 is 36.6. The summed E-state index contributed by atoms with van der Waals surface area (Å²) >= 11 is 0. The van der Waals surface area contributed by atoms with Gasteiger partial charge >= 0.3 is 12.1 Å². The summed E-state index contributed by atoms with van der Waals surface area (Å²) in [5, 5.41) is 4.46. The Hall–Kier alpha value is -2.58. The zero-order valence-electron chi connectivity index (χ0n) is 14.4. The van der Waals surface area contributed by atoms with Crippen LogP contribution in [0.25, 0.3) is 0 Å². The van der Waals surface area contributed by atoms with Crippen LogP contribution in [0.3, 0.4) is 0 Å². The van der Waals surface area contributed by atoms with Crippen LogP contribution in [0.1, 0.15) is 25.8 Å². The molecule has 0 bridgehead atoms. The second-order valence-corrected chi connectivity index (χ2v) is 6.41. The molecule has 1 fully saturated rings. The van der Waals surface area contributed by atoms with Crippen molar-refractivity contribution in [3.8, 4) is 0 Å². The molecule has 0 spiro atoms. The van der Waals surface area contributed by atoms with Gasteiger partial charge in [0, 0.05) is 31.2 Å². The van der Waals surface area contributed by atoms with E-state index in [1.54, 1.807) is 10.2 Å². The topological polar surface area (TPSA) is 78.5 Å². The van der Waals surface area contributed by atoms with Crippen molar-refractivity contribution in [2.45, 2.75) is 39.0 Å². The summed E-state index contributed by atoms with van der Waals surface area (Å²) in [5.41, 5.74) is 0.671. The summed E-state index contributed by atoms with van der Waals surface area (Å²) in [6.45, 7) is 4.33. The van der Waals surface area contributed by atoms with Crippen LogP contribution in [0.4, 0.5) is 18.9 Å². The highest BCUT2D eigenvalue weighted by Crippen LogP contribution is 2.21. The minimum atomic E-state index is -4.95. The highest BCUT2D eigenvalue weighted by Gasteiger charge is 2.38. The second kappa shape index (κ2) is 7.76. The monoisotopic (exact) mass is 371 g/mol. The summed E-state index contributed by atoms with van der Waals surface area (Å²) in [4.78, 5) is 36.5. The lowest BCUT2D eigenvalue weighted by Crippen LogP contribution is -2.35. The lowest BCUT2D eigenvalue weighted by Gasteiger charge is -2.20. The number of likely N-dealkylation sites (tertiary alicyclic amines) is 1. The number of benzene rings is 1. The molecule has 1 aromatic rings. The molecule has 1 aliphatic rings. The maximum Gasteiger partial charge on any atom is 0.471 e. The Morgan fingerprint density at radius 1 is 1.23 bits per heavy atom. The van der Waals surface area contributed by atoms with Gasteiger partial charge in [0.25, 0.3) is 0 Å². The SMILES string of the molecule is CC(C)N1CC(C(=O)NCc2ccc(NC(=O)C(F)(F)F)cc2)CC1=O. The number of nitrogens with zero attached hydrogens (tertiary/aromatic N) is 1. The first kappa shape index (κ1) is 19.7. The molecule has 142 valence electrons. The van der Waals surface area contributed by atoms with E-state index in [-0.39, 0.29) is 36.5 Å². The summed E-state index contributed by atoms with van der Waals surface area (Å²) in [6.07, 6.45) is -4.78. The number of amides is 3. The number of carbonyl (C=O) groups excluding carboxylic acids is 3. The van der Waals surface area contributed by atoms with Crippen molar-refractivity contribution in [3.05, 3.63) is 29.8 Å². The number of halogens is 3. The standard InChI is InChI=1S/C17H20F3N3O3/c1-10(2)23-9-12(7-14(23)24)15(25)21-8-11-3-5-13(6-4-11)22-16(26)17(18,19)20/h3-6,10,12H,7-9H2,1-2H3,(H,21,25)(H,22,26). The zero-order chi connectivity index (χ0) is 19.5. The summed E-state index contributed by atoms with van der Waals surface area (Å²) in [7, 11) is 0. The molecule has 1 unspecified atom stereocenters. The molecule has 0 aliphatic carbocycles. The first-order chi connectivity index (χ1) is 12.1. The van der Waals surface area contributed by atoms with Crippen LogP contribution >= 0.6 is 0 Å². The van der Waals surface area contributed by atoms with E-state index in [1.165, 1.54) is 24.3 Å². The van der Waals surface area contributed by atoms with Crippen LogP contribution in [0.2, 0.25) is 0 Å². The molecule has 2 rings (SSSR count). The molecule has 6 nitrogen and oxygen atoms in total. The lowest BCUT2D eigenvalue weighted by atomic mass is 10.1. The van der Waals surface area contributed by atoms with Crippen LogP contribution in [0.5, 0.6) is 0 Å². The van der Waals surface area contributed by atoms with E-state index >= 15 is 0 Å². The van der Waals surface area contributed by atoms with Gasteiger partial charge in [-0.2, -0.15) is 13.2 Å². The van der Waals surface area contributed by atoms with Gasteiger partial charge in [-0.25, -0.2) is 0 Å². The molecule has 1 atom stereocenters. The number of hydrogen-bond acceptors (Lipinski definition) is 3. The highest BCUT2D eigenvalue weighted by molar-refractivity contribution is 5.94. The number of alkyl halides is 3. The van der Waals surface area contributed by atoms with E-state index in [1.807, 2.05) is 13.8 Å². The van der Waals surface area contributed by atoms with Gasteiger partial charge in [-0.05, 0) is 31.5 Å². The van der Waals surface area contributed by atoms with Crippen molar-refractivity contribution < 1.29 is 27.6 Å². The number of carbonyl (C=O) groups is 3. The largest absolute Gasteiger partial charge is 0.471 e. The van der Waals surface area contributed by atoms with E-state index in [0.29, 0.717) is 12.1 Å². The highest BCUT2D eigenvalue weighted by atomic mass is 19.4. The first-order valence-electron chi connectivity index (χ1n) is 8.12. The van der Waals surface area contributed by atoms with Crippen LogP contribution in [0, 0.1) is 5.92 Å². The maximum atomic E-state index is 12.2. The predicted molar refractivity (Wildman–Crippen MR) is 87.9 cm³/mol. The fourth-order valence-electron chi connectivity index (χ4n) is 2.65.